The first-order chi connectivity index (χ1) is 13.1. The Morgan fingerprint density at radius 2 is 1.85 bits per heavy atom. The molecule has 1 saturated carbocycles. The third kappa shape index (κ3) is 5.31. The van der Waals surface area contributed by atoms with Crippen LogP contribution in [0.5, 0.6) is 0 Å². The van der Waals surface area contributed by atoms with Crippen molar-refractivity contribution in [2.45, 2.75) is 71.1 Å². The van der Waals surface area contributed by atoms with Gasteiger partial charge in [-0.05, 0) is 54.4 Å². The zero-order valence-electron chi connectivity index (χ0n) is 16.6. The van der Waals surface area contributed by atoms with E-state index in [4.69, 9.17) is 0 Å². The predicted octanol–water partition coefficient (Wildman–Crippen LogP) is 8.17. The lowest BCUT2D eigenvalue weighted by Crippen LogP contribution is -2.14. The third-order valence-electron chi connectivity index (χ3n) is 6.07. The first-order valence-electron chi connectivity index (χ1n) is 10.5. The summed E-state index contributed by atoms with van der Waals surface area (Å²) in [6, 6.07) is 14.8. The summed E-state index contributed by atoms with van der Waals surface area (Å²) in [6.07, 6.45) is 11.0. The molecule has 0 saturated heterocycles. The van der Waals surface area contributed by atoms with Crippen molar-refractivity contribution in [2.24, 2.45) is 5.92 Å². The van der Waals surface area contributed by atoms with Crippen LogP contribution in [0.2, 0.25) is 0 Å². The number of benzene rings is 2. The van der Waals surface area contributed by atoms with Gasteiger partial charge >= 0.3 is 0 Å². The minimum absolute atomic E-state index is 0.113. The van der Waals surface area contributed by atoms with Gasteiger partial charge in [-0.25, -0.2) is 0 Å². The molecule has 1 aliphatic carbocycles. The Hall–Kier alpha value is -1.41. The first kappa shape index (κ1) is 20.3. The van der Waals surface area contributed by atoms with Crippen LogP contribution in [-0.4, -0.2) is 5.78 Å². The lowest BCUT2D eigenvalue weighted by Gasteiger charge is -2.30. The van der Waals surface area contributed by atoms with E-state index in [0.717, 1.165) is 21.5 Å². The maximum absolute atomic E-state index is 11.5. The lowest BCUT2D eigenvalue weighted by molar-refractivity contribution is 0.101. The molecule has 0 aliphatic heterocycles. The van der Waals surface area contributed by atoms with Gasteiger partial charge in [-0.15, -0.1) is 0 Å². The smallest absolute Gasteiger partial charge is 0.159 e. The van der Waals surface area contributed by atoms with Gasteiger partial charge < -0.3 is 0 Å². The molecule has 1 fully saturated rings. The average molecular weight is 427 g/mol. The standard InChI is InChI=1S/C25H31BrO/c1-3-4-5-7-19-8-6-9-22(16-19)23-14-15-24(25(26)17-23)21-12-10-20(11-13-21)18(2)27/h10-15,17,19,22H,3-9,16H2,1-2H3/t19-,22-/m0/s1. The molecule has 0 amide bonds. The van der Waals surface area contributed by atoms with Crippen LogP contribution < -0.4 is 0 Å². The summed E-state index contributed by atoms with van der Waals surface area (Å²) < 4.78 is 1.16. The van der Waals surface area contributed by atoms with Crippen LogP contribution >= 0.6 is 15.9 Å². The summed E-state index contributed by atoms with van der Waals surface area (Å²) in [5, 5.41) is 0. The van der Waals surface area contributed by atoms with E-state index in [1.807, 2.05) is 24.3 Å². The minimum atomic E-state index is 0.113. The number of halogens is 1. The molecule has 0 radical (unpaired) electrons. The van der Waals surface area contributed by atoms with E-state index in [2.05, 4.69) is 41.1 Å². The number of rotatable bonds is 7. The van der Waals surface area contributed by atoms with Crippen molar-refractivity contribution >= 4 is 21.7 Å². The summed E-state index contributed by atoms with van der Waals surface area (Å²) in [5.41, 5.74) is 4.60. The maximum Gasteiger partial charge on any atom is 0.159 e. The van der Waals surface area contributed by atoms with Gasteiger partial charge in [0.25, 0.3) is 0 Å². The SMILES string of the molecule is CCCCC[C@H]1CCC[C@H](c2ccc(-c3ccc(C(C)=O)cc3)c(Br)c2)C1. The summed E-state index contributed by atoms with van der Waals surface area (Å²) >= 11 is 3.80. The molecule has 1 aliphatic rings. The van der Waals surface area contributed by atoms with E-state index in [-0.39, 0.29) is 5.78 Å². The summed E-state index contributed by atoms with van der Waals surface area (Å²) in [4.78, 5) is 11.5. The van der Waals surface area contributed by atoms with Crippen LogP contribution in [-0.2, 0) is 0 Å². The maximum atomic E-state index is 11.5. The van der Waals surface area contributed by atoms with E-state index in [0.29, 0.717) is 5.92 Å². The fraction of sp³-hybridized carbons (Fsp3) is 0.480. The molecule has 2 aromatic rings. The molecule has 0 N–H and O–H groups in total. The fourth-order valence-electron chi connectivity index (χ4n) is 4.44. The third-order valence-corrected chi connectivity index (χ3v) is 6.72. The number of hydrogen-bond acceptors (Lipinski definition) is 1. The number of carbonyl (C=O) groups excluding carboxylic acids is 1. The monoisotopic (exact) mass is 426 g/mol. The predicted molar refractivity (Wildman–Crippen MR) is 118 cm³/mol. The van der Waals surface area contributed by atoms with Crippen molar-refractivity contribution in [1.29, 1.82) is 0 Å². The van der Waals surface area contributed by atoms with E-state index >= 15 is 0 Å². The lowest BCUT2D eigenvalue weighted by atomic mass is 9.76. The van der Waals surface area contributed by atoms with Crippen LogP contribution in [0.15, 0.2) is 46.9 Å². The van der Waals surface area contributed by atoms with Crippen molar-refractivity contribution in [3.05, 3.63) is 58.1 Å². The molecular weight excluding hydrogens is 396 g/mol. The Bertz CT molecular complexity index is 762. The topological polar surface area (TPSA) is 17.1 Å². The van der Waals surface area contributed by atoms with Gasteiger partial charge in [0.2, 0.25) is 0 Å². The number of unbranched alkanes of at least 4 members (excludes halogenated alkanes) is 2. The van der Waals surface area contributed by atoms with E-state index in [9.17, 15) is 4.79 Å². The normalized spacial score (nSPS) is 19.8. The van der Waals surface area contributed by atoms with Crippen molar-refractivity contribution < 1.29 is 4.79 Å². The van der Waals surface area contributed by atoms with Crippen molar-refractivity contribution in [2.75, 3.05) is 0 Å². The van der Waals surface area contributed by atoms with Gasteiger partial charge in [0.05, 0.1) is 0 Å². The van der Waals surface area contributed by atoms with Gasteiger partial charge in [-0.1, -0.05) is 97.8 Å². The number of hydrogen-bond donors (Lipinski definition) is 0. The van der Waals surface area contributed by atoms with Crippen molar-refractivity contribution in [3.63, 3.8) is 0 Å². The van der Waals surface area contributed by atoms with Crippen LogP contribution in [0.4, 0.5) is 0 Å². The van der Waals surface area contributed by atoms with Gasteiger partial charge in [-0.2, -0.15) is 0 Å². The Kier molecular flexibility index (Phi) is 7.29. The average Bonchev–Trinajstić information content (AvgIpc) is 2.68. The van der Waals surface area contributed by atoms with Gasteiger partial charge in [0.1, 0.15) is 0 Å². The number of Topliss-reactive ketones (excluding diaryl/α,β-unsaturated/α-hetero) is 1. The summed E-state index contributed by atoms with van der Waals surface area (Å²) in [6.45, 7) is 3.90. The first-order valence-corrected chi connectivity index (χ1v) is 11.3. The second-order valence-electron chi connectivity index (χ2n) is 8.10. The zero-order chi connectivity index (χ0) is 19.2. The van der Waals surface area contributed by atoms with Gasteiger partial charge in [0, 0.05) is 10.0 Å². The summed E-state index contributed by atoms with van der Waals surface area (Å²) in [5.74, 6) is 1.73. The Morgan fingerprint density at radius 3 is 2.52 bits per heavy atom. The molecule has 0 heterocycles. The molecule has 0 bridgehead atoms. The molecule has 0 unspecified atom stereocenters. The van der Waals surface area contributed by atoms with Gasteiger partial charge in [0.15, 0.2) is 5.78 Å². The highest BCUT2D eigenvalue weighted by Gasteiger charge is 2.23. The van der Waals surface area contributed by atoms with Crippen molar-refractivity contribution in [3.8, 4) is 11.1 Å². The number of ketones is 1. The minimum Gasteiger partial charge on any atom is -0.295 e. The number of carbonyl (C=O) groups is 1. The fourth-order valence-corrected chi connectivity index (χ4v) is 5.07. The molecule has 144 valence electrons. The van der Waals surface area contributed by atoms with E-state index in [1.54, 1.807) is 6.92 Å². The quantitative estimate of drug-likeness (QED) is 0.322. The highest BCUT2D eigenvalue weighted by Crippen LogP contribution is 2.40. The van der Waals surface area contributed by atoms with Crippen LogP contribution in [0.3, 0.4) is 0 Å². The molecule has 2 aromatic carbocycles. The Labute approximate surface area is 172 Å². The zero-order valence-corrected chi connectivity index (χ0v) is 18.2. The molecule has 1 nitrogen and oxygen atoms in total. The molecule has 3 rings (SSSR count). The van der Waals surface area contributed by atoms with Crippen LogP contribution in [0.25, 0.3) is 11.1 Å². The Morgan fingerprint density at radius 1 is 1.07 bits per heavy atom. The van der Waals surface area contributed by atoms with Crippen LogP contribution in [0.1, 0.15) is 87.1 Å². The summed E-state index contributed by atoms with van der Waals surface area (Å²) in [7, 11) is 0. The van der Waals surface area contributed by atoms with E-state index in [1.165, 1.54) is 62.5 Å². The molecule has 2 atom stereocenters. The molecule has 2 heteroatoms. The highest BCUT2D eigenvalue weighted by molar-refractivity contribution is 9.10. The molecule has 0 aromatic heterocycles. The molecule has 27 heavy (non-hydrogen) atoms. The highest BCUT2D eigenvalue weighted by atomic mass is 79.9. The van der Waals surface area contributed by atoms with E-state index < -0.39 is 0 Å². The molecular formula is C25H31BrO. The second kappa shape index (κ2) is 9.68. The largest absolute Gasteiger partial charge is 0.295 e. The Balaban J connectivity index is 1.71. The van der Waals surface area contributed by atoms with Gasteiger partial charge in [-0.3, -0.25) is 4.79 Å². The molecule has 0 spiro atoms. The van der Waals surface area contributed by atoms with Crippen molar-refractivity contribution in [1.82, 2.24) is 0 Å². The second-order valence-corrected chi connectivity index (χ2v) is 8.95. The van der Waals surface area contributed by atoms with Crippen LogP contribution in [0, 0.1) is 5.92 Å².